The van der Waals surface area contributed by atoms with Crippen LogP contribution < -0.4 is 11.5 Å². The average molecular weight is 355 g/mol. The van der Waals surface area contributed by atoms with Crippen LogP contribution in [0.2, 0.25) is 0 Å². The van der Waals surface area contributed by atoms with E-state index in [9.17, 15) is 0 Å². The lowest BCUT2D eigenvalue weighted by Crippen LogP contribution is -1.88. The molecule has 2 aromatic rings. The lowest BCUT2D eigenvalue weighted by molar-refractivity contribution is 0.556. The molecule has 144 valence electrons. The van der Waals surface area contributed by atoms with Crippen LogP contribution in [0.5, 0.6) is 0 Å². The number of rotatable bonds is 11. The van der Waals surface area contributed by atoms with Crippen molar-refractivity contribution in [2.75, 3.05) is 11.5 Å². The SMILES string of the molecule is CCCCCCCCCCCCc1ccc(N)cc1.Nc1ccccc1. The second kappa shape index (κ2) is 15.3. The van der Waals surface area contributed by atoms with Crippen LogP contribution in [0.15, 0.2) is 54.6 Å². The second-order valence-corrected chi connectivity index (χ2v) is 7.08. The molecule has 0 fully saturated rings. The number of nitrogens with two attached hydrogens (primary N) is 2. The van der Waals surface area contributed by atoms with Gasteiger partial charge in [0.25, 0.3) is 0 Å². The first-order chi connectivity index (χ1) is 12.7. The van der Waals surface area contributed by atoms with Gasteiger partial charge in [0.2, 0.25) is 0 Å². The van der Waals surface area contributed by atoms with E-state index in [1.54, 1.807) is 0 Å². The van der Waals surface area contributed by atoms with E-state index < -0.39 is 0 Å². The zero-order valence-electron chi connectivity index (χ0n) is 16.6. The van der Waals surface area contributed by atoms with E-state index in [1.165, 1.54) is 76.2 Å². The summed E-state index contributed by atoms with van der Waals surface area (Å²) in [6.07, 6.45) is 15.3. The third-order valence-corrected chi connectivity index (χ3v) is 4.60. The zero-order chi connectivity index (χ0) is 18.9. The minimum atomic E-state index is 0.822. The van der Waals surface area contributed by atoms with Crippen molar-refractivity contribution in [1.82, 2.24) is 0 Å². The molecule has 0 aliphatic rings. The predicted molar refractivity (Wildman–Crippen MR) is 117 cm³/mol. The number of anilines is 2. The van der Waals surface area contributed by atoms with Gasteiger partial charge in [-0.25, -0.2) is 0 Å². The topological polar surface area (TPSA) is 52.0 Å². The monoisotopic (exact) mass is 354 g/mol. The fourth-order valence-electron chi connectivity index (χ4n) is 2.95. The van der Waals surface area contributed by atoms with Gasteiger partial charge >= 0.3 is 0 Å². The summed E-state index contributed by atoms with van der Waals surface area (Å²) in [5, 5.41) is 0. The first-order valence-corrected chi connectivity index (χ1v) is 10.4. The van der Waals surface area contributed by atoms with Gasteiger partial charge < -0.3 is 11.5 Å². The largest absolute Gasteiger partial charge is 0.399 e. The normalized spacial score (nSPS) is 10.2. The highest BCUT2D eigenvalue weighted by molar-refractivity contribution is 5.39. The first-order valence-electron chi connectivity index (χ1n) is 10.4. The number of hydrogen-bond donors (Lipinski definition) is 2. The maximum absolute atomic E-state index is 5.68. The quantitative estimate of drug-likeness (QED) is 0.337. The second-order valence-electron chi connectivity index (χ2n) is 7.08. The van der Waals surface area contributed by atoms with E-state index in [1.807, 2.05) is 42.5 Å². The molecule has 0 spiro atoms. The Kier molecular flexibility index (Phi) is 13.0. The van der Waals surface area contributed by atoms with Gasteiger partial charge in [-0.15, -0.1) is 0 Å². The molecular weight excluding hydrogens is 316 g/mol. The van der Waals surface area contributed by atoms with E-state index in [4.69, 9.17) is 11.5 Å². The fraction of sp³-hybridized carbons (Fsp3) is 0.500. The lowest BCUT2D eigenvalue weighted by atomic mass is 10.0. The molecule has 0 aliphatic heterocycles. The molecule has 4 N–H and O–H groups in total. The Bertz CT molecular complexity index is 534. The van der Waals surface area contributed by atoms with Crippen molar-refractivity contribution in [1.29, 1.82) is 0 Å². The number of benzene rings is 2. The molecular formula is C24H38N2. The Hall–Kier alpha value is -1.96. The third-order valence-electron chi connectivity index (χ3n) is 4.60. The van der Waals surface area contributed by atoms with Crippen LogP contribution in [-0.2, 0) is 6.42 Å². The van der Waals surface area contributed by atoms with Crippen LogP contribution in [0.25, 0.3) is 0 Å². The lowest BCUT2D eigenvalue weighted by Gasteiger charge is -2.03. The Morgan fingerprint density at radius 2 is 1.00 bits per heavy atom. The molecule has 0 aromatic heterocycles. The highest BCUT2D eigenvalue weighted by Gasteiger charge is 1.95. The number of nitrogen functional groups attached to an aromatic ring is 2. The van der Waals surface area contributed by atoms with Gasteiger partial charge in [-0.2, -0.15) is 0 Å². The van der Waals surface area contributed by atoms with Crippen LogP contribution >= 0.6 is 0 Å². The third kappa shape index (κ3) is 12.4. The van der Waals surface area contributed by atoms with Crippen molar-refractivity contribution in [3.63, 3.8) is 0 Å². The van der Waals surface area contributed by atoms with Crippen LogP contribution in [-0.4, -0.2) is 0 Å². The van der Waals surface area contributed by atoms with E-state index in [0.29, 0.717) is 0 Å². The summed E-state index contributed by atoms with van der Waals surface area (Å²) >= 11 is 0. The van der Waals surface area contributed by atoms with Gasteiger partial charge in [0.05, 0.1) is 0 Å². The Balaban J connectivity index is 0.000000401. The molecule has 26 heavy (non-hydrogen) atoms. The molecule has 0 saturated heterocycles. The van der Waals surface area contributed by atoms with E-state index in [-0.39, 0.29) is 0 Å². The minimum Gasteiger partial charge on any atom is -0.399 e. The van der Waals surface area contributed by atoms with Gasteiger partial charge in [-0.1, -0.05) is 95.0 Å². The fourth-order valence-corrected chi connectivity index (χ4v) is 2.95. The van der Waals surface area contributed by atoms with Crippen LogP contribution in [0.1, 0.15) is 76.7 Å². The smallest absolute Gasteiger partial charge is 0.0314 e. The van der Waals surface area contributed by atoms with Gasteiger partial charge in [-0.05, 0) is 42.7 Å². The molecule has 2 heteroatoms. The number of aryl methyl sites for hydroxylation is 1. The highest BCUT2D eigenvalue weighted by Crippen LogP contribution is 2.13. The van der Waals surface area contributed by atoms with Crippen molar-refractivity contribution < 1.29 is 0 Å². The van der Waals surface area contributed by atoms with Crippen molar-refractivity contribution in [3.8, 4) is 0 Å². The molecule has 2 nitrogen and oxygen atoms in total. The van der Waals surface area contributed by atoms with Gasteiger partial charge in [-0.3, -0.25) is 0 Å². The summed E-state index contributed by atoms with van der Waals surface area (Å²) in [5.41, 5.74) is 14.2. The van der Waals surface area contributed by atoms with Crippen molar-refractivity contribution in [2.45, 2.75) is 77.6 Å². The molecule has 0 bridgehead atoms. The Morgan fingerprint density at radius 3 is 1.46 bits per heavy atom. The number of hydrogen-bond acceptors (Lipinski definition) is 2. The Morgan fingerprint density at radius 1 is 0.538 bits per heavy atom. The van der Waals surface area contributed by atoms with Crippen molar-refractivity contribution >= 4 is 11.4 Å². The van der Waals surface area contributed by atoms with Crippen LogP contribution in [0, 0.1) is 0 Å². The molecule has 2 aromatic carbocycles. The van der Waals surface area contributed by atoms with Gasteiger partial charge in [0.1, 0.15) is 0 Å². The van der Waals surface area contributed by atoms with Crippen molar-refractivity contribution in [3.05, 3.63) is 60.2 Å². The molecule has 0 unspecified atom stereocenters. The van der Waals surface area contributed by atoms with Crippen LogP contribution in [0.4, 0.5) is 11.4 Å². The maximum Gasteiger partial charge on any atom is 0.0314 e. The van der Waals surface area contributed by atoms with Crippen LogP contribution in [0.3, 0.4) is 0 Å². The molecule has 0 saturated carbocycles. The van der Waals surface area contributed by atoms with Crippen molar-refractivity contribution in [2.24, 2.45) is 0 Å². The number of para-hydroxylation sites is 1. The minimum absolute atomic E-state index is 0.822. The summed E-state index contributed by atoms with van der Waals surface area (Å²) in [6.45, 7) is 2.28. The van der Waals surface area contributed by atoms with Gasteiger partial charge in [0, 0.05) is 11.4 Å². The molecule has 0 amide bonds. The highest BCUT2D eigenvalue weighted by atomic mass is 14.5. The zero-order valence-corrected chi connectivity index (χ0v) is 16.6. The van der Waals surface area contributed by atoms with Gasteiger partial charge in [0.15, 0.2) is 0 Å². The summed E-state index contributed by atoms with van der Waals surface area (Å²) in [5.74, 6) is 0. The number of unbranched alkanes of at least 4 members (excludes halogenated alkanes) is 9. The molecule has 0 atom stereocenters. The molecule has 2 rings (SSSR count). The molecule has 0 heterocycles. The first kappa shape index (κ1) is 22.1. The van der Waals surface area contributed by atoms with E-state index >= 15 is 0 Å². The summed E-state index contributed by atoms with van der Waals surface area (Å²) < 4.78 is 0. The van der Waals surface area contributed by atoms with E-state index in [0.717, 1.165) is 11.4 Å². The summed E-state index contributed by atoms with van der Waals surface area (Å²) in [6, 6.07) is 17.8. The summed E-state index contributed by atoms with van der Waals surface area (Å²) in [7, 11) is 0. The maximum atomic E-state index is 5.68. The molecule has 0 aliphatic carbocycles. The standard InChI is InChI=1S/C18H31N.C6H7N/c1-2-3-4-5-6-7-8-9-10-11-12-17-13-15-18(19)16-14-17;7-6-4-2-1-3-5-6/h13-16H,2-12,19H2,1H3;1-5H,7H2. The predicted octanol–water partition coefficient (Wildman–Crippen LogP) is 7.00. The summed E-state index contributed by atoms with van der Waals surface area (Å²) in [4.78, 5) is 0. The van der Waals surface area contributed by atoms with E-state index in [2.05, 4.69) is 19.1 Å². The Labute approximate surface area is 161 Å². The molecule has 0 radical (unpaired) electrons. The average Bonchev–Trinajstić information content (AvgIpc) is 2.66.